The lowest BCUT2D eigenvalue weighted by Gasteiger charge is -2.38. The maximum absolute atomic E-state index is 12.1. The molecule has 0 aromatic heterocycles. The van der Waals surface area contributed by atoms with Gasteiger partial charge in [-0.1, -0.05) is 6.08 Å². The molecule has 6 heteroatoms. The number of rotatable bonds is 6. The van der Waals surface area contributed by atoms with E-state index in [1.165, 1.54) is 0 Å². The van der Waals surface area contributed by atoms with Crippen molar-refractivity contribution in [3.63, 3.8) is 0 Å². The van der Waals surface area contributed by atoms with E-state index in [9.17, 15) is 14.7 Å². The quantitative estimate of drug-likeness (QED) is 0.676. The van der Waals surface area contributed by atoms with Crippen molar-refractivity contribution in [3.05, 3.63) is 12.2 Å². The fraction of sp³-hybridized carbons (Fsp3) is 0.733. The van der Waals surface area contributed by atoms with Crippen LogP contribution in [0.3, 0.4) is 0 Å². The maximum atomic E-state index is 12.1. The van der Waals surface area contributed by atoms with Crippen molar-refractivity contribution in [2.75, 3.05) is 40.8 Å². The second kappa shape index (κ2) is 8.14. The largest absolute Gasteiger partial charge is 0.388 e. The topological polar surface area (TPSA) is 72.9 Å². The maximum Gasteiger partial charge on any atom is 0.246 e. The fourth-order valence-electron chi connectivity index (χ4n) is 2.45. The van der Waals surface area contributed by atoms with E-state index in [4.69, 9.17) is 0 Å². The molecule has 1 aliphatic rings. The Kier molecular flexibility index (Phi) is 6.84. The number of nitrogens with one attached hydrogen (secondary N) is 1. The Morgan fingerprint density at radius 2 is 2.14 bits per heavy atom. The zero-order chi connectivity index (χ0) is 15.9. The van der Waals surface area contributed by atoms with Gasteiger partial charge in [0.15, 0.2) is 0 Å². The molecule has 6 nitrogen and oxygen atoms in total. The normalized spacial score (nSPS) is 22.8. The minimum Gasteiger partial charge on any atom is -0.388 e. The first-order valence-corrected chi connectivity index (χ1v) is 7.39. The van der Waals surface area contributed by atoms with Gasteiger partial charge in [-0.2, -0.15) is 0 Å². The van der Waals surface area contributed by atoms with E-state index in [-0.39, 0.29) is 18.2 Å². The zero-order valence-corrected chi connectivity index (χ0v) is 13.3. The summed E-state index contributed by atoms with van der Waals surface area (Å²) in [5.74, 6) is -0.160. The summed E-state index contributed by atoms with van der Waals surface area (Å²) in [5.41, 5.74) is -0.949. The molecule has 1 atom stereocenters. The van der Waals surface area contributed by atoms with Gasteiger partial charge in [-0.05, 0) is 33.4 Å². The van der Waals surface area contributed by atoms with Crippen LogP contribution in [0.1, 0.15) is 25.7 Å². The number of carbonyl (C=O) groups is 2. The molecule has 0 saturated carbocycles. The number of hydrogen-bond donors (Lipinski definition) is 2. The Balaban J connectivity index is 2.52. The average Bonchev–Trinajstić information content (AvgIpc) is 2.44. The van der Waals surface area contributed by atoms with Gasteiger partial charge in [-0.3, -0.25) is 9.59 Å². The van der Waals surface area contributed by atoms with E-state index < -0.39 is 5.60 Å². The number of nitrogens with zero attached hydrogens (tertiary/aromatic N) is 2. The van der Waals surface area contributed by atoms with Crippen LogP contribution in [0.25, 0.3) is 0 Å². The first-order valence-electron chi connectivity index (χ1n) is 7.39. The van der Waals surface area contributed by atoms with Crippen molar-refractivity contribution in [1.29, 1.82) is 0 Å². The predicted octanol–water partition coefficient (Wildman–Crippen LogP) is -0.0161. The van der Waals surface area contributed by atoms with E-state index in [0.717, 1.165) is 6.42 Å². The van der Waals surface area contributed by atoms with Crippen molar-refractivity contribution >= 4 is 11.8 Å². The van der Waals surface area contributed by atoms with Crippen LogP contribution >= 0.6 is 0 Å². The molecule has 1 fully saturated rings. The number of carbonyl (C=O) groups excluding carboxylic acids is 2. The van der Waals surface area contributed by atoms with E-state index in [1.54, 1.807) is 18.0 Å². The number of amides is 2. The molecular formula is C15H27N3O3. The van der Waals surface area contributed by atoms with Crippen molar-refractivity contribution < 1.29 is 14.7 Å². The van der Waals surface area contributed by atoms with Crippen LogP contribution in [0.15, 0.2) is 12.2 Å². The Hall–Kier alpha value is -1.40. The summed E-state index contributed by atoms with van der Waals surface area (Å²) in [4.78, 5) is 27.0. The molecule has 1 heterocycles. The third kappa shape index (κ3) is 6.27. The monoisotopic (exact) mass is 297 g/mol. The van der Waals surface area contributed by atoms with Crippen molar-refractivity contribution in [2.24, 2.45) is 0 Å². The van der Waals surface area contributed by atoms with Crippen molar-refractivity contribution in [1.82, 2.24) is 15.1 Å². The summed E-state index contributed by atoms with van der Waals surface area (Å²) in [6.45, 7) is 1.67. The minimum atomic E-state index is -0.949. The van der Waals surface area contributed by atoms with Crippen LogP contribution in [-0.4, -0.2) is 73.1 Å². The second-order valence-electron chi connectivity index (χ2n) is 5.93. The summed E-state index contributed by atoms with van der Waals surface area (Å²) in [5, 5.41) is 13.1. The Labute approximate surface area is 126 Å². The predicted molar refractivity (Wildman–Crippen MR) is 81.8 cm³/mol. The highest BCUT2D eigenvalue weighted by Crippen LogP contribution is 2.26. The molecule has 1 saturated heterocycles. The zero-order valence-electron chi connectivity index (χ0n) is 13.3. The molecule has 0 aliphatic carbocycles. The number of likely N-dealkylation sites (tertiary alicyclic amines) is 1. The summed E-state index contributed by atoms with van der Waals surface area (Å²) >= 11 is 0. The van der Waals surface area contributed by atoms with Gasteiger partial charge in [-0.25, -0.2) is 0 Å². The molecule has 2 N–H and O–H groups in total. The molecule has 2 amide bonds. The van der Waals surface area contributed by atoms with Gasteiger partial charge in [0, 0.05) is 39.2 Å². The standard InChI is InChI=1S/C15H27N3O3/c1-16-13(19)7-9-15(21)8-5-11-18(12-15)14(20)6-4-10-17(2)3/h4,6,21H,5,7-12H2,1-3H3,(H,16,19)/b6-4+/t15-/m0/s1. The molecule has 0 spiro atoms. The first kappa shape index (κ1) is 17.7. The highest BCUT2D eigenvalue weighted by molar-refractivity contribution is 5.87. The van der Waals surface area contributed by atoms with E-state index in [1.807, 2.05) is 25.1 Å². The number of β-amino-alcohol motifs (C(OH)–C–C–N with tert-alkyl or cyclic N) is 1. The smallest absolute Gasteiger partial charge is 0.246 e. The van der Waals surface area contributed by atoms with Gasteiger partial charge in [0.2, 0.25) is 11.8 Å². The average molecular weight is 297 g/mol. The molecule has 21 heavy (non-hydrogen) atoms. The van der Waals surface area contributed by atoms with Crippen LogP contribution in [0, 0.1) is 0 Å². The molecule has 0 aromatic carbocycles. The third-order valence-electron chi connectivity index (χ3n) is 3.69. The highest BCUT2D eigenvalue weighted by atomic mass is 16.3. The summed E-state index contributed by atoms with van der Waals surface area (Å²) in [7, 11) is 5.46. The summed E-state index contributed by atoms with van der Waals surface area (Å²) in [6, 6.07) is 0. The molecule has 1 rings (SSSR count). The summed E-state index contributed by atoms with van der Waals surface area (Å²) in [6.07, 6.45) is 5.45. The van der Waals surface area contributed by atoms with Crippen LogP contribution in [-0.2, 0) is 9.59 Å². The Morgan fingerprint density at radius 3 is 2.76 bits per heavy atom. The van der Waals surface area contributed by atoms with Gasteiger partial charge in [0.05, 0.1) is 5.60 Å². The van der Waals surface area contributed by atoms with Crippen LogP contribution in [0.5, 0.6) is 0 Å². The molecule has 0 radical (unpaired) electrons. The lowest BCUT2D eigenvalue weighted by molar-refractivity contribution is -0.134. The van der Waals surface area contributed by atoms with Crippen LogP contribution in [0.4, 0.5) is 0 Å². The molecular weight excluding hydrogens is 270 g/mol. The van der Waals surface area contributed by atoms with Gasteiger partial charge in [0.25, 0.3) is 0 Å². The van der Waals surface area contributed by atoms with Crippen LogP contribution < -0.4 is 5.32 Å². The van der Waals surface area contributed by atoms with E-state index >= 15 is 0 Å². The van der Waals surface area contributed by atoms with E-state index in [2.05, 4.69) is 5.32 Å². The van der Waals surface area contributed by atoms with Crippen molar-refractivity contribution in [2.45, 2.75) is 31.3 Å². The third-order valence-corrected chi connectivity index (χ3v) is 3.69. The number of hydrogen-bond acceptors (Lipinski definition) is 4. The van der Waals surface area contributed by atoms with Gasteiger partial charge >= 0.3 is 0 Å². The molecule has 0 bridgehead atoms. The van der Waals surface area contributed by atoms with E-state index in [0.29, 0.717) is 32.5 Å². The fourth-order valence-corrected chi connectivity index (χ4v) is 2.45. The van der Waals surface area contributed by atoms with Crippen molar-refractivity contribution in [3.8, 4) is 0 Å². The lowest BCUT2D eigenvalue weighted by atomic mass is 9.88. The number of likely N-dealkylation sites (N-methyl/N-ethyl adjacent to an activating group) is 1. The second-order valence-corrected chi connectivity index (χ2v) is 5.93. The number of aliphatic hydroxyl groups is 1. The Morgan fingerprint density at radius 1 is 1.43 bits per heavy atom. The highest BCUT2D eigenvalue weighted by Gasteiger charge is 2.34. The number of piperidine rings is 1. The van der Waals surface area contributed by atoms with Gasteiger partial charge < -0.3 is 20.2 Å². The molecule has 1 aliphatic heterocycles. The van der Waals surface area contributed by atoms with Gasteiger partial charge in [0.1, 0.15) is 0 Å². The first-order chi connectivity index (χ1) is 9.86. The summed E-state index contributed by atoms with van der Waals surface area (Å²) < 4.78 is 0. The molecule has 120 valence electrons. The minimum absolute atomic E-state index is 0.0741. The SMILES string of the molecule is CNC(=O)CC[C@@]1(O)CCCN(C(=O)/C=C/CN(C)C)C1. The Bertz CT molecular complexity index is 396. The van der Waals surface area contributed by atoms with Gasteiger partial charge in [-0.15, -0.1) is 0 Å². The van der Waals surface area contributed by atoms with Crippen LogP contribution in [0.2, 0.25) is 0 Å². The molecule has 0 unspecified atom stereocenters. The lowest BCUT2D eigenvalue weighted by Crippen LogP contribution is -2.50. The molecule has 0 aromatic rings.